The third kappa shape index (κ3) is 2.29. The average molecular weight is 262 g/mol. The molecular weight excluding hydrogens is 248 g/mol. The van der Waals surface area contributed by atoms with Crippen molar-refractivity contribution in [1.82, 2.24) is 0 Å². The first-order valence-corrected chi connectivity index (χ1v) is 6.07. The van der Waals surface area contributed by atoms with Gasteiger partial charge in [0.1, 0.15) is 19.1 Å². The number of Topliss-reactive ketones (excluding diaryl/α,β-unsaturated/α-hetero) is 2. The lowest BCUT2D eigenvalue weighted by Gasteiger charge is -2.07. The fourth-order valence-corrected chi connectivity index (χ4v) is 2.25. The minimum Gasteiger partial charge on any atom is -0.463 e. The number of benzene rings is 1. The number of carbonyl (C=O) groups is 3. The Bertz CT molecular complexity index is 547. The highest BCUT2D eigenvalue weighted by atomic mass is 16.5. The summed E-state index contributed by atoms with van der Waals surface area (Å²) in [6.45, 7) is 0.837. The van der Waals surface area contributed by atoms with E-state index in [0.717, 1.165) is 5.56 Å². The van der Waals surface area contributed by atoms with Gasteiger partial charge in [0.2, 0.25) is 0 Å². The van der Waals surface area contributed by atoms with Gasteiger partial charge in [-0.1, -0.05) is 25.1 Å². The Morgan fingerprint density at radius 1 is 1.32 bits per heavy atom. The van der Waals surface area contributed by atoms with E-state index in [9.17, 15) is 14.4 Å². The monoisotopic (exact) mass is 262 g/mol. The molecule has 0 saturated carbocycles. The summed E-state index contributed by atoms with van der Waals surface area (Å²) in [5, 5.41) is 8.55. The number of ketones is 2. The lowest BCUT2D eigenvalue weighted by Crippen LogP contribution is -2.24. The molecule has 1 aliphatic carbocycles. The minimum atomic E-state index is -0.974. The summed E-state index contributed by atoms with van der Waals surface area (Å²) in [6.07, 6.45) is 0.658. The van der Waals surface area contributed by atoms with Crippen molar-refractivity contribution in [2.45, 2.75) is 13.3 Å². The van der Waals surface area contributed by atoms with E-state index in [4.69, 9.17) is 9.84 Å². The molecule has 1 aromatic rings. The van der Waals surface area contributed by atoms with Crippen LogP contribution in [0.15, 0.2) is 18.2 Å². The molecule has 1 atom stereocenters. The zero-order valence-corrected chi connectivity index (χ0v) is 10.5. The summed E-state index contributed by atoms with van der Waals surface area (Å²) in [4.78, 5) is 35.2. The summed E-state index contributed by atoms with van der Waals surface area (Å²) < 4.78 is 4.69. The van der Waals surface area contributed by atoms with Crippen molar-refractivity contribution in [3.63, 3.8) is 0 Å². The van der Waals surface area contributed by atoms with Gasteiger partial charge in [0, 0.05) is 11.1 Å². The Labute approximate surface area is 110 Å². The van der Waals surface area contributed by atoms with E-state index in [1.165, 1.54) is 0 Å². The molecule has 0 spiro atoms. The number of rotatable bonds is 4. The highest BCUT2D eigenvalue weighted by Gasteiger charge is 2.40. The molecule has 0 amide bonds. The van der Waals surface area contributed by atoms with Gasteiger partial charge in [0.25, 0.3) is 0 Å². The number of aliphatic hydroxyl groups is 1. The van der Waals surface area contributed by atoms with Crippen LogP contribution in [0, 0.1) is 5.92 Å². The first kappa shape index (κ1) is 13.4. The maximum Gasteiger partial charge on any atom is 0.331 e. The molecule has 0 aromatic heterocycles. The number of aliphatic hydroxyl groups excluding tert-OH is 1. The van der Waals surface area contributed by atoms with Crippen LogP contribution < -0.4 is 0 Å². The third-order valence-corrected chi connectivity index (χ3v) is 3.22. The Kier molecular flexibility index (Phi) is 3.76. The lowest BCUT2D eigenvalue weighted by molar-refractivity contribution is -0.147. The SMILES string of the molecule is CCc1cccc2c1C(=O)C(COC(=O)CO)C2=O. The van der Waals surface area contributed by atoms with Crippen LogP contribution in [0.5, 0.6) is 0 Å². The van der Waals surface area contributed by atoms with Gasteiger partial charge in [-0.05, 0) is 12.0 Å². The standard InChI is InChI=1S/C14H14O5/c1-2-8-4-3-5-9-12(8)14(18)10(13(9)17)7-19-11(16)6-15/h3-5,10,15H,2,6-7H2,1H3. The van der Waals surface area contributed by atoms with Crippen LogP contribution in [0.2, 0.25) is 0 Å². The number of carbonyl (C=O) groups excluding carboxylic acids is 3. The predicted molar refractivity (Wildman–Crippen MR) is 66.0 cm³/mol. The summed E-state index contributed by atoms with van der Waals surface area (Å²) >= 11 is 0. The van der Waals surface area contributed by atoms with E-state index >= 15 is 0 Å². The van der Waals surface area contributed by atoms with E-state index in [2.05, 4.69) is 0 Å². The molecule has 100 valence electrons. The lowest BCUT2D eigenvalue weighted by atomic mass is 10.0. The molecule has 5 nitrogen and oxygen atoms in total. The Hall–Kier alpha value is -2.01. The van der Waals surface area contributed by atoms with Crippen molar-refractivity contribution in [2.24, 2.45) is 5.92 Å². The smallest absolute Gasteiger partial charge is 0.331 e. The van der Waals surface area contributed by atoms with E-state index in [-0.39, 0.29) is 18.2 Å². The summed E-state index contributed by atoms with van der Waals surface area (Å²) in [5.74, 6) is -2.44. The number of fused-ring (bicyclic) bond motifs is 1. The Balaban J connectivity index is 2.26. The molecule has 0 heterocycles. The molecule has 0 saturated heterocycles. The first-order chi connectivity index (χ1) is 9.10. The molecule has 1 aromatic carbocycles. The van der Waals surface area contributed by atoms with Gasteiger partial charge < -0.3 is 9.84 Å². The van der Waals surface area contributed by atoms with Gasteiger partial charge in [-0.3, -0.25) is 9.59 Å². The van der Waals surface area contributed by atoms with Crippen LogP contribution in [0.25, 0.3) is 0 Å². The number of aryl methyl sites for hydroxylation is 1. The minimum absolute atomic E-state index is 0.303. The highest BCUT2D eigenvalue weighted by molar-refractivity contribution is 6.27. The second-order valence-corrected chi connectivity index (χ2v) is 4.32. The van der Waals surface area contributed by atoms with Crippen LogP contribution in [0.3, 0.4) is 0 Å². The van der Waals surface area contributed by atoms with E-state index in [1.807, 2.05) is 13.0 Å². The van der Waals surface area contributed by atoms with E-state index in [0.29, 0.717) is 17.5 Å². The number of ether oxygens (including phenoxy) is 1. The fraction of sp³-hybridized carbons (Fsp3) is 0.357. The average Bonchev–Trinajstić information content (AvgIpc) is 2.68. The van der Waals surface area contributed by atoms with Gasteiger partial charge in [0.05, 0.1) is 0 Å². The van der Waals surface area contributed by atoms with Crippen molar-refractivity contribution in [3.05, 3.63) is 34.9 Å². The zero-order chi connectivity index (χ0) is 14.0. The quantitative estimate of drug-likeness (QED) is 0.640. The van der Waals surface area contributed by atoms with Crippen LogP contribution in [0.4, 0.5) is 0 Å². The second kappa shape index (κ2) is 5.32. The molecular formula is C14H14O5. The highest BCUT2D eigenvalue weighted by Crippen LogP contribution is 2.30. The number of esters is 1. The van der Waals surface area contributed by atoms with Crippen molar-refractivity contribution in [1.29, 1.82) is 0 Å². The van der Waals surface area contributed by atoms with Gasteiger partial charge in [-0.25, -0.2) is 4.79 Å². The van der Waals surface area contributed by atoms with Gasteiger partial charge in [-0.15, -0.1) is 0 Å². The zero-order valence-electron chi connectivity index (χ0n) is 10.5. The molecule has 1 aliphatic rings. The molecule has 2 rings (SSSR count). The largest absolute Gasteiger partial charge is 0.463 e. The van der Waals surface area contributed by atoms with Crippen LogP contribution in [-0.4, -0.2) is 35.9 Å². The van der Waals surface area contributed by atoms with Crippen molar-refractivity contribution >= 4 is 17.5 Å². The summed E-state index contributed by atoms with van der Waals surface area (Å²) in [6, 6.07) is 5.17. The van der Waals surface area contributed by atoms with Crippen molar-refractivity contribution in [3.8, 4) is 0 Å². The van der Waals surface area contributed by atoms with E-state index in [1.54, 1.807) is 12.1 Å². The van der Waals surface area contributed by atoms with Crippen LogP contribution in [-0.2, 0) is 16.0 Å². The number of hydrogen-bond donors (Lipinski definition) is 1. The van der Waals surface area contributed by atoms with Crippen molar-refractivity contribution in [2.75, 3.05) is 13.2 Å². The molecule has 0 aliphatic heterocycles. The third-order valence-electron chi connectivity index (χ3n) is 3.22. The van der Waals surface area contributed by atoms with Crippen LogP contribution >= 0.6 is 0 Å². The fourth-order valence-electron chi connectivity index (χ4n) is 2.25. The molecule has 0 radical (unpaired) electrons. The van der Waals surface area contributed by atoms with Crippen LogP contribution in [0.1, 0.15) is 33.2 Å². The van der Waals surface area contributed by atoms with Gasteiger partial charge in [-0.2, -0.15) is 0 Å². The normalized spacial score (nSPS) is 17.5. The van der Waals surface area contributed by atoms with E-state index < -0.39 is 18.5 Å². The molecule has 5 heteroatoms. The molecule has 19 heavy (non-hydrogen) atoms. The second-order valence-electron chi connectivity index (χ2n) is 4.32. The summed E-state index contributed by atoms with van der Waals surface area (Å²) in [7, 11) is 0. The number of hydrogen-bond acceptors (Lipinski definition) is 5. The van der Waals surface area contributed by atoms with Gasteiger partial charge in [0.15, 0.2) is 11.6 Å². The van der Waals surface area contributed by atoms with Crippen molar-refractivity contribution < 1.29 is 24.2 Å². The summed E-state index contributed by atoms with van der Waals surface area (Å²) in [5.41, 5.74) is 1.67. The van der Waals surface area contributed by atoms with Gasteiger partial charge >= 0.3 is 5.97 Å². The Morgan fingerprint density at radius 3 is 2.68 bits per heavy atom. The molecule has 1 unspecified atom stereocenters. The maximum absolute atomic E-state index is 12.2. The predicted octanol–water partition coefficient (Wildman–Crippen LogP) is 0.780. The topological polar surface area (TPSA) is 80.7 Å². The Morgan fingerprint density at radius 2 is 2.05 bits per heavy atom. The molecule has 1 N–H and O–H groups in total. The first-order valence-electron chi connectivity index (χ1n) is 6.07. The molecule has 0 fully saturated rings. The maximum atomic E-state index is 12.2. The molecule has 0 bridgehead atoms.